The molecule has 1 aromatic carbocycles. The quantitative estimate of drug-likeness (QED) is 0.546. The van der Waals surface area contributed by atoms with Crippen LogP contribution >= 0.6 is 0 Å². The van der Waals surface area contributed by atoms with Crippen molar-refractivity contribution in [2.75, 3.05) is 32.5 Å². The maximum absolute atomic E-state index is 10.9. The van der Waals surface area contributed by atoms with Gasteiger partial charge in [0.05, 0.1) is 6.26 Å². The molecule has 3 N–H and O–H groups in total. The van der Waals surface area contributed by atoms with Crippen LogP contribution in [-0.4, -0.2) is 52.1 Å². The maximum atomic E-state index is 10.9. The molecule has 0 radical (unpaired) electrons. The molecule has 0 fully saturated rings. The van der Waals surface area contributed by atoms with Gasteiger partial charge < -0.3 is 15.2 Å². The Morgan fingerprint density at radius 3 is 2.45 bits per heavy atom. The van der Waals surface area contributed by atoms with Gasteiger partial charge in [-0.1, -0.05) is 18.2 Å². The molecule has 0 aliphatic carbocycles. The zero-order valence-electron chi connectivity index (χ0n) is 13.4. The third-order valence-corrected chi connectivity index (χ3v) is 3.83. The Bertz CT molecular complexity index is 540. The largest absolute Gasteiger partial charge is 0.490 e. The zero-order valence-corrected chi connectivity index (χ0v) is 14.2. The molecule has 6 nitrogen and oxygen atoms in total. The number of aliphatic hydroxyl groups is 1. The number of para-hydroxylation sites is 1. The number of benzene rings is 1. The molecule has 0 aliphatic heterocycles. The molecule has 1 aromatic rings. The van der Waals surface area contributed by atoms with Crippen molar-refractivity contribution in [2.24, 2.45) is 0 Å². The van der Waals surface area contributed by atoms with Gasteiger partial charge in [-0.25, -0.2) is 13.1 Å². The first-order valence-electron chi connectivity index (χ1n) is 7.32. The fraction of sp³-hybridized carbons (Fsp3) is 0.600. The van der Waals surface area contributed by atoms with Crippen molar-refractivity contribution in [1.82, 2.24) is 10.0 Å². The van der Waals surface area contributed by atoms with E-state index in [0.717, 1.165) is 23.1 Å². The van der Waals surface area contributed by atoms with Gasteiger partial charge in [0.15, 0.2) is 0 Å². The van der Waals surface area contributed by atoms with Gasteiger partial charge in [0.2, 0.25) is 10.0 Å². The minimum atomic E-state index is -3.12. The van der Waals surface area contributed by atoms with Gasteiger partial charge in [-0.2, -0.15) is 0 Å². The summed E-state index contributed by atoms with van der Waals surface area (Å²) in [5.74, 6) is 0.818. The predicted molar refractivity (Wildman–Crippen MR) is 87.8 cm³/mol. The van der Waals surface area contributed by atoms with Crippen LogP contribution in [-0.2, 0) is 10.0 Å². The number of sulfonamides is 1. The number of hydrogen-bond donors (Lipinski definition) is 3. The van der Waals surface area contributed by atoms with E-state index in [9.17, 15) is 13.5 Å². The fourth-order valence-corrected chi connectivity index (χ4v) is 2.52. The summed E-state index contributed by atoms with van der Waals surface area (Å²) >= 11 is 0. The highest BCUT2D eigenvalue weighted by Crippen LogP contribution is 2.22. The first kappa shape index (κ1) is 18.9. The highest BCUT2D eigenvalue weighted by atomic mass is 32.2. The number of rotatable bonds is 10. The van der Waals surface area contributed by atoms with Crippen LogP contribution in [0.25, 0.3) is 0 Å². The molecule has 22 heavy (non-hydrogen) atoms. The van der Waals surface area contributed by atoms with E-state index in [2.05, 4.69) is 10.0 Å². The Balaban J connectivity index is 2.18. The van der Waals surface area contributed by atoms with Crippen LogP contribution in [0, 0.1) is 13.8 Å². The Morgan fingerprint density at radius 2 is 1.86 bits per heavy atom. The van der Waals surface area contributed by atoms with Crippen molar-refractivity contribution in [3.05, 3.63) is 29.3 Å². The summed E-state index contributed by atoms with van der Waals surface area (Å²) in [5.41, 5.74) is 2.10. The minimum absolute atomic E-state index is 0.223. The molecule has 1 atom stereocenters. The fourth-order valence-electron chi connectivity index (χ4n) is 2.00. The van der Waals surface area contributed by atoms with Crippen molar-refractivity contribution in [3.63, 3.8) is 0 Å². The molecule has 0 aliphatic rings. The Morgan fingerprint density at radius 1 is 1.23 bits per heavy atom. The molecule has 0 bridgehead atoms. The van der Waals surface area contributed by atoms with Gasteiger partial charge in [-0.3, -0.25) is 0 Å². The lowest BCUT2D eigenvalue weighted by molar-refractivity contribution is 0.106. The molecule has 126 valence electrons. The summed E-state index contributed by atoms with van der Waals surface area (Å²) in [4.78, 5) is 0. The minimum Gasteiger partial charge on any atom is -0.490 e. The monoisotopic (exact) mass is 330 g/mol. The lowest BCUT2D eigenvalue weighted by Gasteiger charge is -2.16. The van der Waals surface area contributed by atoms with Crippen LogP contribution in [0.1, 0.15) is 17.5 Å². The predicted octanol–water partition coefficient (Wildman–Crippen LogP) is 0.572. The highest BCUT2D eigenvalue weighted by molar-refractivity contribution is 7.88. The number of ether oxygens (including phenoxy) is 1. The summed E-state index contributed by atoms with van der Waals surface area (Å²) < 4.78 is 29.8. The average Bonchev–Trinajstić information content (AvgIpc) is 2.41. The normalized spacial score (nSPS) is 13.1. The maximum Gasteiger partial charge on any atom is 0.208 e. The third kappa shape index (κ3) is 7.74. The van der Waals surface area contributed by atoms with Gasteiger partial charge in [0.25, 0.3) is 0 Å². The van der Waals surface area contributed by atoms with Crippen molar-refractivity contribution in [2.45, 2.75) is 26.4 Å². The van der Waals surface area contributed by atoms with Gasteiger partial charge in [0.1, 0.15) is 18.5 Å². The van der Waals surface area contributed by atoms with Gasteiger partial charge in [0, 0.05) is 13.1 Å². The van der Waals surface area contributed by atoms with E-state index in [1.54, 1.807) is 0 Å². The molecular weight excluding hydrogens is 304 g/mol. The molecule has 0 amide bonds. The number of aryl methyl sites for hydroxylation is 2. The molecule has 0 saturated carbocycles. The van der Waals surface area contributed by atoms with Gasteiger partial charge in [-0.05, 0) is 37.9 Å². The second-order valence-corrected chi connectivity index (χ2v) is 7.24. The van der Waals surface area contributed by atoms with E-state index in [-0.39, 0.29) is 6.61 Å². The molecule has 1 rings (SSSR count). The number of nitrogens with one attached hydrogen (secondary N) is 2. The second kappa shape index (κ2) is 9.09. The molecule has 0 saturated heterocycles. The van der Waals surface area contributed by atoms with E-state index >= 15 is 0 Å². The summed E-state index contributed by atoms with van der Waals surface area (Å²) in [6.45, 7) is 5.59. The van der Waals surface area contributed by atoms with Gasteiger partial charge in [-0.15, -0.1) is 0 Å². The van der Waals surface area contributed by atoms with Gasteiger partial charge >= 0.3 is 0 Å². The zero-order chi connectivity index (χ0) is 16.6. The average molecular weight is 330 g/mol. The topological polar surface area (TPSA) is 87.7 Å². The van der Waals surface area contributed by atoms with Crippen molar-refractivity contribution in [3.8, 4) is 5.75 Å². The Labute approximate surface area is 132 Å². The molecule has 0 aromatic heterocycles. The van der Waals surface area contributed by atoms with Crippen molar-refractivity contribution in [1.29, 1.82) is 0 Å². The van der Waals surface area contributed by atoms with Crippen molar-refractivity contribution < 1.29 is 18.3 Å². The highest BCUT2D eigenvalue weighted by Gasteiger charge is 2.08. The molecule has 7 heteroatoms. The molecular formula is C15H26N2O4S. The van der Waals surface area contributed by atoms with E-state index in [0.29, 0.717) is 26.1 Å². The SMILES string of the molecule is Cc1cccc(C)c1OCC(O)CNCCCNS(C)(=O)=O. The summed E-state index contributed by atoms with van der Waals surface area (Å²) in [7, 11) is -3.12. The van der Waals surface area contributed by atoms with E-state index in [1.165, 1.54) is 0 Å². The van der Waals surface area contributed by atoms with E-state index < -0.39 is 16.1 Å². The van der Waals surface area contributed by atoms with E-state index in [1.807, 2.05) is 32.0 Å². The lowest BCUT2D eigenvalue weighted by Crippen LogP contribution is -2.33. The lowest BCUT2D eigenvalue weighted by atomic mass is 10.1. The summed E-state index contributed by atoms with van der Waals surface area (Å²) in [6.07, 6.45) is 1.19. The van der Waals surface area contributed by atoms with E-state index in [4.69, 9.17) is 4.74 Å². The second-order valence-electron chi connectivity index (χ2n) is 5.41. The Hall–Kier alpha value is -1.15. The standard InChI is InChI=1S/C15H26N2O4S/c1-12-6-4-7-13(2)15(12)21-11-14(18)10-16-8-5-9-17-22(3,19)20/h4,6-7,14,16-18H,5,8-11H2,1-3H3. The number of aliphatic hydroxyl groups excluding tert-OH is 1. The number of hydrogen-bond acceptors (Lipinski definition) is 5. The smallest absolute Gasteiger partial charge is 0.208 e. The first-order valence-corrected chi connectivity index (χ1v) is 9.21. The van der Waals surface area contributed by atoms with Crippen LogP contribution in [0.4, 0.5) is 0 Å². The van der Waals surface area contributed by atoms with Crippen LogP contribution in [0.5, 0.6) is 5.75 Å². The van der Waals surface area contributed by atoms with Crippen LogP contribution in [0.2, 0.25) is 0 Å². The Kier molecular flexibility index (Phi) is 7.81. The van der Waals surface area contributed by atoms with Crippen LogP contribution < -0.4 is 14.8 Å². The summed E-state index contributed by atoms with van der Waals surface area (Å²) in [5, 5.41) is 13.0. The molecule has 0 spiro atoms. The van der Waals surface area contributed by atoms with Crippen LogP contribution in [0.15, 0.2) is 18.2 Å². The first-order chi connectivity index (χ1) is 10.3. The molecule has 1 unspecified atom stereocenters. The van der Waals surface area contributed by atoms with Crippen molar-refractivity contribution >= 4 is 10.0 Å². The van der Waals surface area contributed by atoms with Crippen LogP contribution in [0.3, 0.4) is 0 Å². The third-order valence-electron chi connectivity index (χ3n) is 3.10. The molecule has 0 heterocycles. The summed E-state index contributed by atoms with van der Waals surface area (Å²) in [6, 6.07) is 5.92.